The average molecular weight is 261 g/mol. The maximum atomic E-state index is 11.4. The molecule has 4 heteroatoms. The second-order valence-corrected chi connectivity index (χ2v) is 5.72. The summed E-state index contributed by atoms with van der Waals surface area (Å²) in [6.45, 7) is 5.44. The summed E-state index contributed by atoms with van der Waals surface area (Å²) in [6, 6.07) is 4.00. The van der Waals surface area contributed by atoms with Crippen LogP contribution in [0.3, 0.4) is 0 Å². The molecule has 19 heavy (non-hydrogen) atoms. The van der Waals surface area contributed by atoms with Gasteiger partial charge in [-0.1, -0.05) is 13.8 Å². The van der Waals surface area contributed by atoms with Gasteiger partial charge in [-0.25, -0.2) is 0 Å². The molecule has 0 saturated carbocycles. The number of anilines is 3. The van der Waals surface area contributed by atoms with Crippen LogP contribution in [0.1, 0.15) is 32.3 Å². The van der Waals surface area contributed by atoms with Gasteiger partial charge in [0.15, 0.2) is 0 Å². The minimum atomic E-state index is 0.0767. The summed E-state index contributed by atoms with van der Waals surface area (Å²) in [5.41, 5.74) is 9.95. The molecule has 1 aliphatic heterocycles. The van der Waals surface area contributed by atoms with E-state index in [1.807, 2.05) is 6.07 Å². The summed E-state index contributed by atoms with van der Waals surface area (Å²) < 4.78 is 0. The van der Waals surface area contributed by atoms with Gasteiger partial charge >= 0.3 is 0 Å². The van der Waals surface area contributed by atoms with Gasteiger partial charge in [-0.15, -0.1) is 0 Å². The molecule has 0 saturated heterocycles. The number of nitrogen functional groups attached to an aromatic ring is 1. The van der Waals surface area contributed by atoms with Crippen LogP contribution in [0.25, 0.3) is 0 Å². The van der Waals surface area contributed by atoms with Crippen molar-refractivity contribution in [1.82, 2.24) is 0 Å². The number of rotatable bonds is 4. The van der Waals surface area contributed by atoms with Crippen LogP contribution < -0.4 is 16.0 Å². The van der Waals surface area contributed by atoms with E-state index in [0.717, 1.165) is 36.4 Å². The number of nitrogens with one attached hydrogen (secondary N) is 1. The van der Waals surface area contributed by atoms with Crippen LogP contribution >= 0.6 is 0 Å². The summed E-state index contributed by atoms with van der Waals surface area (Å²) in [5.74, 6) is 0.758. The number of nitrogens with zero attached hydrogens (tertiary/aromatic N) is 1. The van der Waals surface area contributed by atoms with Crippen LogP contribution in [0.4, 0.5) is 17.1 Å². The Labute approximate surface area is 115 Å². The average Bonchev–Trinajstić information content (AvgIpc) is 2.35. The Morgan fingerprint density at radius 3 is 2.79 bits per heavy atom. The van der Waals surface area contributed by atoms with Gasteiger partial charge in [-0.05, 0) is 36.5 Å². The molecule has 1 aliphatic rings. The lowest BCUT2D eigenvalue weighted by Gasteiger charge is -2.25. The van der Waals surface area contributed by atoms with E-state index >= 15 is 0 Å². The van der Waals surface area contributed by atoms with E-state index in [9.17, 15) is 4.79 Å². The molecule has 0 aromatic heterocycles. The van der Waals surface area contributed by atoms with Gasteiger partial charge in [0.2, 0.25) is 5.91 Å². The van der Waals surface area contributed by atoms with Gasteiger partial charge in [-0.2, -0.15) is 0 Å². The Balaban J connectivity index is 2.20. The molecule has 1 amide bonds. The summed E-state index contributed by atoms with van der Waals surface area (Å²) >= 11 is 0. The van der Waals surface area contributed by atoms with Crippen LogP contribution in [0.2, 0.25) is 0 Å². The highest BCUT2D eigenvalue weighted by Crippen LogP contribution is 2.32. The van der Waals surface area contributed by atoms with E-state index in [1.165, 1.54) is 5.56 Å². The Bertz CT molecular complexity index is 483. The molecule has 3 N–H and O–H groups in total. The highest BCUT2D eigenvalue weighted by molar-refractivity contribution is 5.95. The van der Waals surface area contributed by atoms with E-state index in [1.54, 1.807) is 0 Å². The standard InChI is InChI=1S/C15H23N3O/c1-10(2)6-7-18(3)14-8-11-4-5-15(19)17-13(11)9-12(14)16/h8-10H,4-7,16H2,1-3H3,(H,17,19). The lowest BCUT2D eigenvalue weighted by Crippen LogP contribution is -2.23. The highest BCUT2D eigenvalue weighted by atomic mass is 16.1. The largest absolute Gasteiger partial charge is 0.397 e. The number of hydrogen-bond donors (Lipinski definition) is 2. The predicted octanol–water partition coefficient (Wildman–Crippen LogP) is 2.64. The van der Waals surface area contributed by atoms with E-state index in [4.69, 9.17) is 5.73 Å². The highest BCUT2D eigenvalue weighted by Gasteiger charge is 2.17. The van der Waals surface area contributed by atoms with Crippen molar-refractivity contribution in [3.63, 3.8) is 0 Å². The van der Waals surface area contributed by atoms with E-state index in [2.05, 4.69) is 37.2 Å². The van der Waals surface area contributed by atoms with Crippen molar-refractivity contribution in [3.05, 3.63) is 17.7 Å². The van der Waals surface area contributed by atoms with Gasteiger partial charge in [-0.3, -0.25) is 4.79 Å². The van der Waals surface area contributed by atoms with E-state index in [0.29, 0.717) is 12.3 Å². The number of hydrogen-bond acceptors (Lipinski definition) is 3. The molecule has 1 heterocycles. The molecule has 1 aromatic rings. The fraction of sp³-hybridized carbons (Fsp3) is 0.533. The van der Waals surface area contributed by atoms with E-state index < -0.39 is 0 Å². The van der Waals surface area contributed by atoms with Crippen molar-refractivity contribution >= 4 is 23.0 Å². The van der Waals surface area contributed by atoms with Crippen LogP contribution in [-0.4, -0.2) is 19.5 Å². The van der Waals surface area contributed by atoms with Gasteiger partial charge < -0.3 is 16.0 Å². The third-order valence-electron chi connectivity index (χ3n) is 3.60. The first-order valence-electron chi connectivity index (χ1n) is 6.90. The van der Waals surface area contributed by atoms with Gasteiger partial charge in [0.1, 0.15) is 0 Å². The lowest BCUT2D eigenvalue weighted by molar-refractivity contribution is -0.116. The molecule has 4 nitrogen and oxygen atoms in total. The minimum Gasteiger partial charge on any atom is -0.397 e. The zero-order valence-electron chi connectivity index (χ0n) is 12.0. The first kappa shape index (κ1) is 13.7. The Kier molecular flexibility index (Phi) is 3.98. The lowest BCUT2D eigenvalue weighted by atomic mass is 10.0. The SMILES string of the molecule is CC(C)CCN(C)c1cc2c(cc1N)NC(=O)CC2. The summed E-state index contributed by atoms with van der Waals surface area (Å²) in [7, 11) is 2.07. The first-order chi connectivity index (χ1) is 8.97. The number of benzene rings is 1. The van der Waals surface area contributed by atoms with Crippen molar-refractivity contribution < 1.29 is 4.79 Å². The maximum absolute atomic E-state index is 11.4. The molecule has 0 radical (unpaired) electrons. The molecule has 2 rings (SSSR count). The molecule has 0 unspecified atom stereocenters. The smallest absolute Gasteiger partial charge is 0.224 e. The monoisotopic (exact) mass is 261 g/mol. The quantitative estimate of drug-likeness (QED) is 0.819. The summed E-state index contributed by atoms with van der Waals surface area (Å²) in [6.07, 6.45) is 2.50. The Hall–Kier alpha value is -1.71. The number of carbonyl (C=O) groups excluding carboxylic acids is 1. The minimum absolute atomic E-state index is 0.0767. The summed E-state index contributed by atoms with van der Waals surface area (Å²) in [5, 5.41) is 2.88. The van der Waals surface area contributed by atoms with Crippen molar-refractivity contribution in [1.29, 1.82) is 0 Å². The van der Waals surface area contributed by atoms with Gasteiger partial charge in [0.25, 0.3) is 0 Å². The predicted molar refractivity (Wildman–Crippen MR) is 80.5 cm³/mol. The second-order valence-electron chi connectivity index (χ2n) is 5.72. The molecule has 0 spiro atoms. The van der Waals surface area contributed by atoms with Gasteiger partial charge in [0.05, 0.1) is 11.4 Å². The molecular formula is C15H23N3O. The van der Waals surface area contributed by atoms with Crippen molar-refractivity contribution in [2.24, 2.45) is 5.92 Å². The first-order valence-corrected chi connectivity index (χ1v) is 6.90. The molecule has 0 bridgehead atoms. The molecule has 0 atom stereocenters. The second kappa shape index (κ2) is 5.51. The third-order valence-corrected chi connectivity index (χ3v) is 3.60. The van der Waals surface area contributed by atoms with Crippen LogP contribution in [0.15, 0.2) is 12.1 Å². The molecule has 1 aromatic carbocycles. The van der Waals surface area contributed by atoms with Crippen molar-refractivity contribution in [3.8, 4) is 0 Å². The fourth-order valence-corrected chi connectivity index (χ4v) is 2.34. The van der Waals surface area contributed by atoms with Crippen LogP contribution in [-0.2, 0) is 11.2 Å². The third kappa shape index (κ3) is 3.19. The molecule has 104 valence electrons. The van der Waals surface area contributed by atoms with Crippen molar-refractivity contribution in [2.45, 2.75) is 33.1 Å². The Morgan fingerprint density at radius 2 is 2.11 bits per heavy atom. The maximum Gasteiger partial charge on any atom is 0.224 e. The number of aryl methyl sites for hydroxylation is 1. The normalized spacial score (nSPS) is 14.2. The molecule has 0 fully saturated rings. The van der Waals surface area contributed by atoms with E-state index in [-0.39, 0.29) is 5.91 Å². The molecule has 0 aliphatic carbocycles. The molecular weight excluding hydrogens is 238 g/mol. The number of amides is 1. The zero-order valence-corrected chi connectivity index (χ0v) is 12.0. The van der Waals surface area contributed by atoms with Crippen molar-refractivity contribution in [2.75, 3.05) is 29.5 Å². The number of fused-ring (bicyclic) bond motifs is 1. The summed E-state index contributed by atoms with van der Waals surface area (Å²) in [4.78, 5) is 13.6. The van der Waals surface area contributed by atoms with Crippen LogP contribution in [0, 0.1) is 5.92 Å². The van der Waals surface area contributed by atoms with Gasteiger partial charge in [0, 0.05) is 25.7 Å². The zero-order chi connectivity index (χ0) is 14.0. The topological polar surface area (TPSA) is 58.4 Å². The van der Waals surface area contributed by atoms with Crippen LogP contribution in [0.5, 0.6) is 0 Å². The Morgan fingerprint density at radius 1 is 1.37 bits per heavy atom. The number of nitrogens with two attached hydrogens (primary N) is 1. The number of carbonyl (C=O) groups is 1. The fourth-order valence-electron chi connectivity index (χ4n) is 2.34.